The van der Waals surface area contributed by atoms with Gasteiger partial charge in [0.25, 0.3) is 5.91 Å². The van der Waals surface area contributed by atoms with Crippen molar-refractivity contribution in [3.8, 4) is 0 Å². The SMILES string of the molecule is CP1(=O)CCN(C(=O)c2cnc3c(n2)N(Cc2c(C(F)(F)F)ccc(Cl)c2Cl)CCC3)CC1. The van der Waals surface area contributed by atoms with Gasteiger partial charge in [-0.15, -0.1) is 0 Å². The average molecular weight is 521 g/mol. The summed E-state index contributed by atoms with van der Waals surface area (Å²) >= 11 is 12.2. The Hall–Kier alpha value is -1.83. The van der Waals surface area contributed by atoms with Crippen LogP contribution in [0.5, 0.6) is 0 Å². The van der Waals surface area contributed by atoms with Crippen molar-refractivity contribution >= 4 is 42.1 Å². The Bertz CT molecular complexity index is 1130. The third kappa shape index (κ3) is 5.15. The number of amides is 1. The van der Waals surface area contributed by atoms with E-state index in [1.165, 1.54) is 6.20 Å². The second-order valence-corrected chi connectivity index (χ2v) is 12.7. The average Bonchev–Trinajstić information content (AvgIpc) is 2.75. The molecular formula is C21H22Cl2F3N4O2P. The number of aromatic nitrogens is 2. The highest BCUT2D eigenvalue weighted by Crippen LogP contribution is 2.43. The van der Waals surface area contributed by atoms with E-state index < -0.39 is 18.9 Å². The summed E-state index contributed by atoms with van der Waals surface area (Å²) < 4.78 is 53.1. The number of hydrogen-bond acceptors (Lipinski definition) is 5. The van der Waals surface area contributed by atoms with Gasteiger partial charge in [-0.2, -0.15) is 13.2 Å². The number of benzene rings is 1. The van der Waals surface area contributed by atoms with Crippen LogP contribution in [0.25, 0.3) is 0 Å². The maximum atomic E-state index is 13.6. The van der Waals surface area contributed by atoms with Crippen molar-refractivity contribution in [1.29, 1.82) is 0 Å². The molecule has 2 aliphatic rings. The summed E-state index contributed by atoms with van der Waals surface area (Å²) in [5.41, 5.74) is -0.276. The molecule has 0 aliphatic carbocycles. The van der Waals surface area contributed by atoms with Crippen molar-refractivity contribution in [3.05, 3.63) is 50.9 Å². The lowest BCUT2D eigenvalue weighted by atomic mass is 10.0. The Kier molecular flexibility index (Phi) is 6.69. The Morgan fingerprint density at radius 3 is 2.55 bits per heavy atom. The molecule has 1 amide bonds. The summed E-state index contributed by atoms with van der Waals surface area (Å²) in [6.07, 6.45) is -1.01. The van der Waals surface area contributed by atoms with Crippen LogP contribution < -0.4 is 4.90 Å². The van der Waals surface area contributed by atoms with Gasteiger partial charge < -0.3 is 14.4 Å². The van der Waals surface area contributed by atoms with Gasteiger partial charge in [0, 0.05) is 44.1 Å². The molecule has 178 valence electrons. The molecule has 1 aromatic heterocycles. The van der Waals surface area contributed by atoms with E-state index in [1.807, 2.05) is 0 Å². The number of hydrogen-bond donors (Lipinski definition) is 0. The minimum Gasteiger partial charge on any atom is -0.351 e. The van der Waals surface area contributed by atoms with Gasteiger partial charge in [-0.05, 0) is 31.6 Å². The molecule has 0 N–H and O–H groups in total. The van der Waals surface area contributed by atoms with Crippen molar-refractivity contribution in [1.82, 2.24) is 14.9 Å². The Morgan fingerprint density at radius 2 is 1.88 bits per heavy atom. The van der Waals surface area contributed by atoms with Crippen molar-refractivity contribution in [3.63, 3.8) is 0 Å². The predicted octanol–water partition coefficient (Wildman–Crippen LogP) is 5.20. The molecule has 33 heavy (non-hydrogen) atoms. The second-order valence-electron chi connectivity index (χ2n) is 8.47. The van der Waals surface area contributed by atoms with Crippen LogP contribution in [0, 0.1) is 0 Å². The fraction of sp³-hybridized carbons (Fsp3) is 0.476. The molecule has 0 saturated carbocycles. The third-order valence-electron chi connectivity index (χ3n) is 6.01. The van der Waals surface area contributed by atoms with Gasteiger partial charge in [0.15, 0.2) is 5.82 Å². The fourth-order valence-corrected chi connectivity index (χ4v) is 6.05. The topological polar surface area (TPSA) is 66.4 Å². The first kappa shape index (κ1) is 24.3. The minimum absolute atomic E-state index is 0.0326. The number of aryl methyl sites for hydroxylation is 1. The standard InChI is InChI=1S/C21H22Cl2F3N4O2P/c1-33(32)9-7-29(8-10-33)20(31)17-11-27-16-3-2-6-30(19(16)28-17)12-13-14(21(24,25)26)4-5-15(22)18(13)23/h4-5,11H,2-3,6-10,12H2,1H3. The highest BCUT2D eigenvalue weighted by molar-refractivity contribution is 7.63. The lowest BCUT2D eigenvalue weighted by molar-refractivity contribution is -0.138. The van der Waals surface area contributed by atoms with Crippen molar-refractivity contribution in [2.75, 3.05) is 43.5 Å². The summed E-state index contributed by atoms with van der Waals surface area (Å²) in [4.78, 5) is 25.1. The zero-order valence-electron chi connectivity index (χ0n) is 17.8. The third-order valence-corrected chi connectivity index (χ3v) is 9.15. The maximum Gasteiger partial charge on any atom is 0.416 e. The van der Waals surface area contributed by atoms with Gasteiger partial charge in [0.05, 0.1) is 34.6 Å². The van der Waals surface area contributed by atoms with Crippen molar-refractivity contribution in [2.45, 2.75) is 25.6 Å². The molecule has 0 spiro atoms. The van der Waals surface area contributed by atoms with Crippen LogP contribution in [0.15, 0.2) is 18.3 Å². The van der Waals surface area contributed by atoms with Crippen LogP contribution in [0.4, 0.5) is 19.0 Å². The lowest BCUT2D eigenvalue weighted by Crippen LogP contribution is -2.40. The predicted molar refractivity (Wildman–Crippen MR) is 122 cm³/mol. The van der Waals surface area contributed by atoms with Gasteiger partial charge >= 0.3 is 6.18 Å². The van der Waals surface area contributed by atoms with E-state index in [0.29, 0.717) is 56.3 Å². The monoisotopic (exact) mass is 520 g/mol. The van der Waals surface area contributed by atoms with E-state index in [2.05, 4.69) is 9.97 Å². The molecule has 1 aromatic carbocycles. The Labute approximate surface area is 199 Å². The minimum atomic E-state index is -4.60. The molecule has 2 aromatic rings. The Morgan fingerprint density at radius 1 is 1.18 bits per heavy atom. The molecule has 12 heteroatoms. The molecule has 4 rings (SSSR count). The maximum absolute atomic E-state index is 13.6. The molecular weight excluding hydrogens is 499 g/mol. The van der Waals surface area contributed by atoms with E-state index in [9.17, 15) is 22.5 Å². The zero-order valence-corrected chi connectivity index (χ0v) is 20.2. The number of carbonyl (C=O) groups excluding carboxylic acids is 1. The number of alkyl halides is 3. The van der Waals surface area contributed by atoms with Crippen LogP contribution in [0.1, 0.15) is 33.7 Å². The summed E-state index contributed by atoms with van der Waals surface area (Å²) in [6.45, 7) is 2.75. The number of halogens is 5. The van der Waals surface area contributed by atoms with E-state index >= 15 is 0 Å². The molecule has 6 nitrogen and oxygen atoms in total. The molecule has 0 bridgehead atoms. The molecule has 0 atom stereocenters. The first-order valence-corrected chi connectivity index (χ1v) is 13.7. The van der Waals surface area contributed by atoms with Crippen LogP contribution in [-0.4, -0.2) is 59.4 Å². The fourth-order valence-electron chi connectivity index (χ4n) is 4.09. The molecule has 1 saturated heterocycles. The van der Waals surface area contributed by atoms with Gasteiger partial charge in [0.2, 0.25) is 0 Å². The van der Waals surface area contributed by atoms with E-state index in [0.717, 1.165) is 12.1 Å². The van der Waals surface area contributed by atoms with Crippen LogP contribution in [0.2, 0.25) is 10.0 Å². The van der Waals surface area contributed by atoms with Crippen LogP contribution >= 0.6 is 30.3 Å². The first-order valence-electron chi connectivity index (χ1n) is 10.5. The van der Waals surface area contributed by atoms with E-state index in [1.54, 1.807) is 16.5 Å². The summed E-state index contributed by atoms with van der Waals surface area (Å²) in [7, 11) is -2.20. The largest absolute Gasteiger partial charge is 0.416 e. The highest BCUT2D eigenvalue weighted by atomic mass is 35.5. The summed E-state index contributed by atoms with van der Waals surface area (Å²) in [5.74, 6) is 0.0433. The zero-order chi connectivity index (χ0) is 24.0. The van der Waals surface area contributed by atoms with Gasteiger partial charge in [0.1, 0.15) is 5.69 Å². The first-order chi connectivity index (χ1) is 15.5. The van der Waals surface area contributed by atoms with Gasteiger partial charge in [-0.1, -0.05) is 23.2 Å². The molecule has 0 radical (unpaired) electrons. The number of rotatable bonds is 3. The number of nitrogens with zero attached hydrogens (tertiary/aromatic N) is 4. The Balaban J connectivity index is 1.64. The quantitative estimate of drug-likeness (QED) is 0.520. The number of fused-ring (bicyclic) bond motifs is 1. The second kappa shape index (κ2) is 9.08. The summed E-state index contributed by atoms with van der Waals surface area (Å²) in [6, 6.07) is 2.05. The van der Waals surface area contributed by atoms with Gasteiger partial charge in [-0.25, -0.2) is 4.98 Å². The number of carbonyl (C=O) groups is 1. The highest BCUT2D eigenvalue weighted by Gasteiger charge is 2.36. The summed E-state index contributed by atoms with van der Waals surface area (Å²) in [5, 5.41) is -0.124. The molecule has 2 aliphatic heterocycles. The number of anilines is 1. The van der Waals surface area contributed by atoms with Crippen LogP contribution in [0.3, 0.4) is 0 Å². The lowest BCUT2D eigenvalue weighted by Gasteiger charge is -2.32. The van der Waals surface area contributed by atoms with Crippen molar-refractivity contribution in [2.24, 2.45) is 0 Å². The molecule has 0 unspecified atom stereocenters. The van der Waals surface area contributed by atoms with Crippen molar-refractivity contribution < 1.29 is 22.5 Å². The smallest absolute Gasteiger partial charge is 0.351 e. The van der Waals surface area contributed by atoms with E-state index in [-0.39, 0.29) is 33.8 Å². The van der Waals surface area contributed by atoms with E-state index in [4.69, 9.17) is 23.2 Å². The normalized spacial score (nSPS) is 18.2. The van der Waals surface area contributed by atoms with Gasteiger partial charge in [-0.3, -0.25) is 9.78 Å². The molecule has 3 heterocycles. The molecule has 1 fully saturated rings. The van der Waals surface area contributed by atoms with Crippen LogP contribution in [-0.2, 0) is 23.7 Å².